The molecule has 1 aromatic heterocycles. The quantitative estimate of drug-likeness (QED) is 0.922. The number of para-hydroxylation sites is 1. The van der Waals surface area contributed by atoms with Crippen LogP contribution in [0.2, 0.25) is 0 Å². The molecular weight excluding hydrogens is 266 g/mol. The Bertz CT molecular complexity index is 647. The minimum atomic E-state index is -0.106. The molecule has 1 aromatic carbocycles. The van der Waals surface area contributed by atoms with Crippen LogP contribution >= 0.6 is 0 Å². The molecule has 110 valence electrons. The highest BCUT2D eigenvalue weighted by Crippen LogP contribution is 2.21. The largest absolute Gasteiger partial charge is 0.312 e. The minimum absolute atomic E-state index is 0.106. The van der Waals surface area contributed by atoms with Gasteiger partial charge in [-0.2, -0.15) is 0 Å². The van der Waals surface area contributed by atoms with Gasteiger partial charge >= 0.3 is 0 Å². The van der Waals surface area contributed by atoms with Crippen LogP contribution in [0.4, 0.5) is 5.69 Å². The molecule has 1 saturated heterocycles. The van der Waals surface area contributed by atoms with Crippen molar-refractivity contribution < 1.29 is 4.79 Å². The fourth-order valence-corrected chi connectivity index (χ4v) is 2.44. The predicted octanol–water partition coefficient (Wildman–Crippen LogP) is 1.40. The third-order valence-corrected chi connectivity index (χ3v) is 3.83. The zero-order chi connectivity index (χ0) is 14.8. The number of hydrogen-bond donors (Lipinski definition) is 1. The van der Waals surface area contributed by atoms with Gasteiger partial charge < -0.3 is 10.2 Å². The molecule has 3 rings (SSSR count). The monoisotopic (exact) mass is 285 g/mol. The van der Waals surface area contributed by atoms with E-state index < -0.39 is 0 Å². The van der Waals surface area contributed by atoms with E-state index in [1.807, 2.05) is 38.1 Å². The molecule has 6 nitrogen and oxygen atoms in total. The van der Waals surface area contributed by atoms with Crippen molar-refractivity contribution in [2.45, 2.75) is 19.9 Å². The Morgan fingerprint density at radius 2 is 2.19 bits per heavy atom. The molecule has 0 unspecified atom stereocenters. The number of amides is 1. The van der Waals surface area contributed by atoms with Gasteiger partial charge in [-0.05, 0) is 25.5 Å². The number of nitrogens with one attached hydrogen (secondary N) is 1. The zero-order valence-electron chi connectivity index (χ0n) is 12.3. The minimum Gasteiger partial charge on any atom is -0.312 e. The van der Waals surface area contributed by atoms with Crippen molar-refractivity contribution in [2.75, 3.05) is 24.5 Å². The van der Waals surface area contributed by atoms with E-state index in [0.717, 1.165) is 24.3 Å². The number of nitrogens with zero attached hydrogens (tertiary/aromatic N) is 4. The van der Waals surface area contributed by atoms with E-state index in [0.29, 0.717) is 18.3 Å². The summed E-state index contributed by atoms with van der Waals surface area (Å²) in [5, 5.41) is 11.3. The van der Waals surface area contributed by atoms with Crippen molar-refractivity contribution in [3.05, 3.63) is 41.7 Å². The second-order valence-electron chi connectivity index (χ2n) is 5.23. The van der Waals surface area contributed by atoms with Crippen LogP contribution in [-0.2, 0) is 0 Å². The summed E-state index contributed by atoms with van der Waals surface area (Å²) >= 11 is 0. The van der Waals surface area contributed by atoms with E-state index in [4.69, 9.17) is 0 Å². The molecule has 1 amide bonds. The second-order valence-corrected chi connectivity index (χ2v) is 5.23. The van der Waals surface area contributed by atoms with Crippen molar-refractivity contribution in [3.63, 3.8) is 0 Å². The van der Waals surface area contributed by atoms with Crippen LogP contribution in [0.25, 0.3) is 0 Å². The highest BCUT2D eigenvalue weighted by molar-refractivity contribution is 6.04. The second kappa shape index (κ2) is 5.65. The van der Waals surface area contributed by atoms with Crippen molar-refractivity contribution in [1.29, 1.82) is 0 Å². The van der Waals surface area contributed by atoms with E-state index >= 15 is 0 Å². The lowest BCUT2D eigenvalue weighted by molar-refractivity contribution is 0.0983. The summed E-state index contributed by atoms with van der Waals surface area (Å²) in [4.78, 5) is 14.4. The molecule has 2 aromatic rings. The average molecular weight is 285 g/mol. The smallest absolute Gasteiger partial charge is 0.280 e. The Morgan fingerprint density at radius 3 is 2.81 bits per heavy atom. The summed E-state index contributed by atoms with van der Waals surface area (Å²) < 4.78 is 1.77. The van der Waals surface area contributed by atoms with Gasteiger partial charge in [0.15, 0.2) is 5.69 Å². The van der Waals surface area contributed by atoms with Crippen molar-refractivity contribution in [1.82, 2.24) is 20.3 Å². The first kappa shape index (κ1) is 13.8. The number of anilines is 1. The standard InChI is InChI=1S/C15H19N5O/c1-3-19(14-7-5-4-6-11(14)2)15(21)13-10-20(18-17-13)12-8-16-9-12/h4-7,10,12,16H,3,8-9H2,1-2H3. The van der Waals surface area contributed by atoms with Crippen LogP contribution < -0.4 is 10.2 Å². The molecule has 0 aliphatic carbocycles. The van der Waals surface area contributed by atoms with Gasteiger partial charge in [0.1, 0.15) is 0 Å². The Kier molecular flexibility index (Phi) is 3.70. The Labute approximate surface area is 123 Å². The maximum atomic E-state index is 12.7. The van der Waals surface area contributed by atoms with Crippen LogP contribution in [0.15, 0.2) is 30.5 Å². The third kappa shape index (κ3) is 2.54. The number of aromatic nitrogens is 3. The molecule has 0 saturated carbocycles. The van der Waals surface area contributed by atoms with E-state index in [1.54, 1.807) is 15.8 Å². The number of carbonyl (C=O) groups excluding carboxylic acids is 1. The average Bonchev–Trinajstić information content (AvgIpc) is 2.89. The van der Waals surface area contributed by atoms with Gasteiger partial charge in [-0.1, -0.05) is 23.4 Å². The van der Waals surface area contributed by atoms with Crippen LogP contribution in [-0.4, -0.2) is 40.5 Å². The topological polar surface area (TPSA) is 63.1 Å². The number of benzene rings is 1. The first-order valence-corrected chi connectivity index (χ1v) is 7.20. The van der Waals surface area contributed by atoms with Crippen molar-refractivity contribution in [2.24, 2.45) is 0 Å². The summed E-state index contributed by atoms with van der Waals surface area (Å²) in [5.74, 6) is -0.106. The normalized spacial score (nSPS) is 14.8. The van der Waals surface area contributed by atoms with Crippen LogP contribution in [0.1, 0.15) is 29.0 Å². The number of carbonyl (C=O) groups is 1. The molecule has 0 spiro atoms. The number of rotatable bonds is 4. The van der Waals surface area contributed by atoms with Gasteiger partial charge in [0.05, 0.1) is 12.2 Å². The zero-order valence-corrected chi connectivity index (χ0v) is 12.3. The number of aryl methyl sites for hydroxylation is 1. The fraction of sp³-hybridized carbons (Fsp3) is 0.400. The van der Waals surface area contributed by atoms with E-state index in [-0.39, 0.29) is 5.91 Å². The van der Waals surface area contributed by atoms with Gasteiger partial charge in [0.25, 0.3) is 5.91 Å². The Morgan fingerprint density at radius 1 is 1.43 bits per heavy atom. The fourth-order valence-electron chi connectivity index (χ4n) is 2.44. The van der Waals surface area contributed by atoms with Gasteiger partial charge in [-0.25, -0.2) is 4.68 Å². The summed E-state index contributed by atoms with van der Waals surface area (Å²) in [6.45, 7) is 6.33. The van der Waals surface area contributed by atoms with Crippen LogP contribution in [0.3, 0.4) is 0 Å². The lowest BCUT2D eigenvalue weighted by atomic mass is 10.1. The van der Waals surface area contributed by atoms with Gasteiger partial charge in [-0.3, -0.25) is 4.79 Å². The van der Waals surface area contributed by atoms with E-state index in [9.17, 15) is 4.79 Å². The van der Waals surface area contributed by atoms with Gasteiger partial charge in [0.2, 0.25) is 0 Å². The molecule has 0 radical (unpaired) electrons. The SMILES string of the molecule is CCN(C(=O)c1cn(C2CNC2)nn1)c1ccccc1C. The molecular formula is C15H19N5O. The molecule has 1 fully saturated rings. The summed E-state index contributed by atoms with van der Waals surface area (Å²) in [5.41, 5.74) is 2.39. The summed E-state index contributed by atoms with van der Waals surface area (Å²) in [7, 11) is 0. The number of hydrogen-bond acceptors (Lipinski definition) is 4. The van der Waals surface area contributed by atoms with E-state index in [1.165, 1.54) is 0 Å². The highest BCUT2D eigenvalue weighted by atomic mass is 16.2. The lowest BCUT2D eigenvalue weighted by Crippen LogP contribution is -2.43. The maximum Gasteiger partial charge on any atom is 0.280 e. The van der Waals surface area contributed by atoms with Crippen molar-refractivity contribution in [3.8, 4) is 0 Å². The maximum absolute atomic E-state index is 12.7. The molecule has 0 atom stereocenters. The first-order chi connectivity index (χ1) is 10.2. The molecule has 1 aliphatic rings. The summed E-state index contributed by atoms with van der Waals surface area (Å²) in [6, 6.07) is 8.18. The van der Waals surface area contributed by atoms with Crippen molar-refractivity contribution >= 4 is 11.6 Å². The molecule has 1 N–H and O–H groups in total. The molecule has 2 heterocycles. The highest BCUT2D eigenvalue weighted by Gasteiger charge is 2.24. The summed E-state index contributed by atoms with van der Waals surface area (Å²) in [6.07, 6.45) is 1.74. The van der Waals surface area contributed by atoms with E-state index in [2.05, 4.69) is 15.6 Å². The molecule has 6 heteroatoms. The van der Waals surface area contributed by atoms with Crippen LogP contribution in [0, 0.1) is 6.92 Å². The van der Waals surface area contributed by atoms with Crippen LogP contribution in [0.5, 0.6) is 0 Å². The predicted molar refractivity (Wildman–Crippen MR) is 80.5 cm³/mol. The van der Waals surface area contributed by atoms with Gasteiger partial charge in [-0.15, -0.1) is 5.10 Å². The first-order valence-electron chi connectivity index (χ1n) is 7.20. The molecule has 21 heavy (non-hydrogen) atoms. The Hall–Kier alpha value is -2.21. The van der Waals surface area contributed by atoms with Gasteiger partial charge in [0, 0.05) is 25.3 Å². The Balaban J connectivity index is 1.85. The molecule has 1 aliphatic heterocycles. The lowest BCUT2D eigenvalue weighted by Gasteiger charge is -2.26. The third-order valence-electron chi connectivity index (χ3n) is 3.83. The molecule has 0 bridgehead atoms.